The van der Waals surface area contributed by atoms with Gasteiger partial charge in [0, 0.05) is 34.6 Å². The average Bonchev–Trinajstić information content (AvgIpc) is 3.38. The standard InChI is InChI=1S/C30H29FN4O2/c1-17-14-20(31)10-11-22(17)29(37)35-24-15-19(12-13-32-24)26-27(34-21-8-6-5-7-9-21)25(18(2)33-26)28(36)23-16-30(23,3)4/h5-15,23,33-34H,16H2,1-4H3,(H,32,35,37)/t23-/m0/s1. The maximum atomic E-state index is 13.6. The van der Waals surface area contributed by atoms with Crippen LogP contribution in [0.1, 0.15) is 52.2 Å². The van der Waals surface area contributed by atoms with E-state index >= 15 is 0 Å². The summed E-state index contributed by atoms with van der Waals surface area (Å²) in [5.41, 5.74) is 5.40. The van der Waals surface area contributed by atoms with Crippen LogP contribution in [-0.4, -0.2) is 21.7 Å². The Morgan fingerprint density at radius 2 is 1.78 bits per heavy atom. The quantitative estimate of drug-likeness (QED) is 0.239. The molecule has 0 unspecified atom stereocenters. The molecule has 1 saturated carbocycles. The van der Waals surface area contributed by atoms with Gasteiger partial charge >= 0.3 is 0 Å². The Balaban J connectivity index is 1.52. The average molecular weight is 497 g/mol. The number of aryl methyl sites for hydroxylation is 2. The van der Waals surface area contributed by atoms with Crippen LogP contribution in [0.2, 0.25) is 0 Å². The van der Waals surface area contributed by atoms with Gasteiger partial charge in [0.1, 0.15) is 11.6 Å². The summed E-state index contributed by atoms with van der Waals surface area (Å²) >= 11 is 0. The molecule has 0 radical (unpaired) electrons. The second kappa shape index (κ2) is 9.32. The number of para-hydroxylation sites is 1. The summed E-state index contributed by atoms with van der Waals surface area (Å²) in [5, 5.41) is 6.26. The fourth-order valence-corrected chi connectivity index (χ4v) is 4.75. The van der Waals surface area contributed by atoms with Crippen LogP contribution >= 0.6 is 0 Å². The summed E-state index contributed by atoms with van der Waals surface area (Å²) in [6.07, 6.45) is 2.47. The number of aromatic nitrogens is 2. The predicted molar refractivity (Wildman–Crippen MR) is 144 cm³/mol. The number of carbonyl (C=O) groups is 2. The molecule has 6 nitrogen and oxygen atoms in total. The van der Waals surface area contributed by atoms with E-state index in [1.54, 1.807) is 19.2 Å². The second-order valence-corrected chi connectivity index (χ2v) is 10.3. The predicted octanol–water partition coefficient (Wildman–Crippen LogP) is 7.06. The summed E-state index contributed by atoms with van der Waals surface area (Å²) in [4.78, 5) is 34.1. The van der Waals surface area contributed by atoms with Crippen LogP contribution in [0.5, 0.6) is 0 Å². The molecule has 0 aliphatic heterocycles. The molecule has 1 fully saturated rings. The Bertz CT molecular complexity index is 1510. The first-order valence-electron chi connectivity index (χ1n) is 12.3. The SMILES string of the molecule is Cc1cc(F)ccc1C(=O)Nc1cc(-c2[nH]c(C)c(C(=O)[C@@H]3CC3(C)C)c2Nc2ccccc2)ccn1. The number of nitrogens with one attached hydrogen (secondary N) is 3. The number of nitrogens with zero attached hydrogens (tertiary/aromatic N) is 1. The molecule has 2 aromatic heterocycles. The number of amides is 1. The van der Waals surface area contributed by atoms with Crippen LogP contribution in [-0.2, 0) is 0 Å². The van der Waals surface area contributed by atoms with Crippen molar-refractivity contribution in [1.29, 1.82) is 0 Å². The van der Waals surface area contributed by atoms with Crippen LogP contribution in [0, 0.1) is 31.0 Å². The van der Waals surface area contributed by atoms with Crippen molar-refractivity contribution in [2.24, 2.45) is 11.3 Å². The third-order valence-electron chi connectivity index (χ3n) is 7.03. The van der Waals surface area contributed by atoms with E-state index in [-0.39, 0.29) is 23.0 Å². The fraction of sp³-hybridized carbons (Fsp3) is 0.233. The Hall–Kier alpha value is -4.26. The molecule has 4 aromatic rings. The third kappa shape index (κ3) is 4.89. The van der Waals surface area contributed by atoms with Crippen molar-refractivity contribution in [1.82, 2.24) is 9.97 Å². The maximum Gasteiger partial charge on any atom is 0.257 e. The highest BCUT2D eigenvalue weighted by Gasteiger charge is 2.51. The van der Waals surface area contributed by atoms with Gasteiger partial charge in [-0.2, -0.15) is 0 Å². The van der Waals surface area contributed by atoms with Crippen molar-refractivity contribution >= 4 is 28.9 Å². The zero-order chi connectivity index (χ0) is 26.3. The summed E-state index contributed by atoms with van der Waals surface area (Å²) < 4.78 is 13.5. The van der Waals surface area contributed by atoms with Crippen molar-refractivity contribution in [3.63, 3.8) is 0 Å². The minimum atomic E-state index is -0.394. The number of hydrogen-bond donors (Lipinski definition) is 3. The number of benzene rings is 2. The van der Waals surface area contributed by atoms with Crippen molar-refractivity contribution in [3.05, 3.63) is 95.1 Å². The normalized spacial score (nSPS) is 15.8. The molecule has 1 aliphatic carbocycles. The van der Waals surface area contributed by atoms with Crippen molar-refractivity contribution in [2.75, 3.05) is 10.6 Å². The minimum Gasteiger partial charge on any atom is -0.356 e. The zero-order valence-corrected chi connectivity index (χ0v) is 21.3. The van der Waals surface area contributed by atoms with Gasteiger partial charge in [-0.1, -0.05) is 32.0 Å². The largest absolute Gasteiger partial charge is 0.356 e. The van der Waals surface area contributed by atoms with Gasteiger partial charge in [0.15, 0.2) is 5.78 Å². The summed E-state index contributed by atoms with van der Waals surface area (Å²) in [7, 11) is 0. The maximum absolute atomic E-state index is 13.6. The number of Topliss-reactive ketones (excluding diaryl/α,β-unsaturated/α-hetero) is 1. The lowest BCUT2D eigenvalue weighted by Crippen LogP contribution is -2.14. The molecule has 2 heterocycles. The third-order valence-corrected chi connectivity index (χ3v) is 7.03. The lowest BCUT2D eigenvalue weighted by molar-refractivity contribution is 0.0952. The topological polar surface area (TPSA) is 86.9 Å². The Labute approximate surface area is 215 Å². The minimum absolute atomic E-state index is 0.00240. The van der Waals surface area contributed by atoms with Crippen LogP contribution in [0.25, 0.3) is 11.3 Å². The van der Waals surface area contributed by atoms with E-state index in [0.717, 1.165) is 29.1 Å². The highest BCUT2D eigenvalue weighted by Crippen LogP contribution is 2.54. The molecule has 3 N–H and O–H groups in total. The number of halogens is 1. The number of ketones is 1. The van der Waals surface area contributed by atoms with E-state index in [1.807, 2.05) is 43.3 Å². The van der Waals surface area contributed by atoms with Gasteiger partial charge in [-0.25, -0.2) is 9.37 Å². The Morgan fingerprint density at radius 1 is 1.05 bits per heavy atom. The molecule has 188 valence electrons. The Kier molecular flexibility index (Phi) is 6.15. The first-order valence-corrected chi connectivity index (χ1v) is 12.3. The van der Waals surface area contributed by atoms with Crippen LogP contribution in [0.15, 0.2) is 66.9 Å². The number of pyridine rings is 1. The molecule has 0 saturated heterocycles. The van der Waals surface area contributed by atoms with Crippen molar-refractivity contribution in [3.8, 4) is 11.3 Å². The highest BCUT2D eigenvalue weighted by atomic mass is 19.1. The molecule has 0 bridgehead atoms. The first kappa shape index (κ1) is 24.4. The van der Waals surface area contributed by atoms with E-state index in [0.29, 0.717) is 28.2 Å². The summed E-state index contributed by atoms with van der Waals surface area (Å²) in [6.45, 7) is 7.82. The van der Waals surface area contributed by atoms with E-state index in [1.165, 1.54) is 18.2 Å². The molecule has 2 aromatic carbocycles. The molecule has 5 rings (SSSR count). The molecule has 1 aliphatic rings. The van der Waals surface area contributed by atoms with E-state index < -0.39 is 5.82 Å². The molecule has 37 heavy (non-hydrogen) atoms. The number of rotatable bonds is 7. The van der Waals surface area contributed by atoms with Crippen LogP contribution in [0.3, 0.4) is 0 Å². The summed E-state index contributed by atoms with van der Waals surface area (Å²) in [5.74, 6) is -0.315. The molecule has 1 amide bonds. The number of H-pyrrole nitrogens is 1. The smallest absolute Gasteiger partial charge is 0.257 e. The van der Waals surface area contributed by atoms with Gasteiger partial charge in [-0.05, 0) is 73.7 Å². The molecule has 0 spiro atoms. The van der Waals surface area contributed by atoms with Crippen molar-refractivity contribution < 1.29 is 14.0 Å². The van der Waals surface area contributed by atoms with Crippen molar-refractivity contribution in [2.45, 2.75) is 34.1 Å². The van der Waals surface area contributed by atoms with E-state index in [4.69, 9.17) is 0 Å². The fourth-order valence-electron chi connectivity index (χ4n) is 4.75. The van der Waals surface area contributed by atoms with E-state index in [2.05, 4.69) is 34.4 Å². The number of anilines is 3. The number of carbonyl (C=O) groups excluding carboxylic acids is 2. The highest BCUT2D eigenvalue weighted by molar-refractivity contribution is 6.09. The molecular formula is C30H29FN4O2. The van der Waals surface area contributed by atoms with Gasteiger partial charge in [-0.15, -0.1) is 0 Å². The lowest BCUT2D eigenvalue weighted by atomic mass is 9.99. The van der Waals surface area contributed by atoms with Gasteiger partial charge in [-0.3, -0.25) is 9.59 Å². The summed E-state index contributed by atoms with van der Waals surface area (Å²) in [6, 6.07) is 17.3. The van der Waals surface area contributed by atoms with E-state index in [9.17, 15) is 14.0 Å². The second-order valence-electron chi connectivity index (χ2n) is 10.3. The molecule has 7 heteroatoms. The molecular weight excluding hydrogens is 467 g/mol. The van der Waals surface area contributed by atoms with Gasteiger partial charge in [0.05, 0.1) is 16.9 Å². The van der Waals surface area contributed by atoms with Gasteiger partial charge in [0.25, 0.3) is 5.91 Å². The molecule has 1 atom stereocenters. The van der Waals surface area contributed by atoms with Gasteiger partial charge in [0.2, 0.25) is 0 Å². The van der Waals surface area contributed by atoms with Gasteiger partial charge < -0.3 is 15.6 Å². The zero-order valence-electron chi connectivity index (χ0n) is 21.3. The lowest BCUT2D eigenvalue weighted by Gasteiger charge is -2.13. The monoisotopic (exact) mass is 496 g/mol. The number of hydrogen-bond acceptors (Lipinski definition) is 4. The van der Waals surface area contributed by atoms with Crippen LogP contribution < -0.4 is 10.6 Å². The number of aromatic amines is 1. The first-order chi connectivity index (χ1) is 17.6. The van der Waals surface area contributed by atoms with Crippen LogP contribution in [0.4, 0.5) is 21.6 Å². The Morgan fingerprint density at radius 3 is 2.46 bits per heavy atom.